The van der Waals surface area contributed by atoms with E-state index in [2.05, 4.69) is 23.9 Å². The molecule has 1 heterocycles. The van der Waals surface area contributed by atoms with Crippen LogP contribution < -0.4 is 0 Å². The molecule has 2 unspecified atom stereocenters. The first kappa shape index (κ1) is 9.65. The molecule has 0 saturated heterocycles. The van der Waals surface area contributed by atoms with Crippen LogP contribution in [0.25, 0.3) is 0 Å². The van der Waals surface area contributed by atoms with Crippen LogP contribution in [0, 0.1) is 11.3 Å². The Morgan fingerprint density at radius 1 is 1.71 bits per heavy atom. The summed E-state index contributed by atoms with van der Waals surface area (Å²) < 4.78 is 1.76. The molecule has 1 saturated carbocycles. The second kappa shape index (κ2) is 3.05. The van der Waals surface area contributed by atoms with E-state index in [0.717, 1.165) is 13.0 Å². The topological polar surface area (TPSA) is 50.9 Å². The molecule has 14 heavy (non-hydrogen) atoms. The van der Waals surface area contributed by atoms with E-state index in [9.17, 15) is 5.11 Å². The van der Waals surface area contributed by atoms with Gasteiger partial charge in [-0.05, 0) is 24.7 Å². The van der Waals surface area contributed by atoms with Crippen LogP contribution in [0.15, 0.2) is 6.33 Å². The number of aliphatic hydroxyl groups is 1. The summed E-state index contributed by atoms with van der Waals surface area (Å²) in [6.45, 7) is 7.11. The molecule has 2 atom stereocenters. The number of aromatic nitrogens is 3. The summed E-state index contributed by atoms with van der Waals surface area (Å²) in [5.74, 6) is 1.06. The summed E-state index contributed by atoms with van der Waals surface area (Å²) >= 11 is 0. The normalized spacial score (nSPS) is 26.1. The van der Waals surface area contributed by atoms with Crippen molar-refractivity contribution in [1.82, 2.24) is 14.8 Å². The summed E-state index contributed by atoms with van der Waals surface area (Å²) in [5, 5.41) is 14.1. The van der Waals surface area contributed by atoms with Crippen molar-refractivity contribution in [1.29, 1.82) is 0 Å². The van der Waals surface area contributed by atoms with Crippen LogP contribution in [0.3, 0.4) is 0 Å². The van der Waals surface area contributed by atoms with E-state index in [1.54, 1.807) is 4.68 Å². The lowest BCUT2D eigenvalue weighted by molar-refractivity contribution is 0.124. The number of hydrogen-bond acceptors (Lipinski definition) is 3. The van der Waals surface area contributed by atoms with Crippen molar-refractivity contribution in [3.8, 4) is 0 Å². The van der Waals surface area contributed by atoms with E-state index < -0.39 is 6.10 Å². The zero-order chi connectivity index (χ0) is 10.3. The molecular formula is C10H17N3O. The third-order valence-electron chi connectivity index (χ3n) is 3.18. The molecule has 78 valence electrons. The van der Waals surface area contributed by atoms with Crippen molar-refractivity contribution in [3.63, 3.8) is 0 Å². The van der Waals surface area contributed by atoms with Crippen molar-refractivity contribution in [3.05, 3.63) is 12.2 Å². The highest BCUT2D eigenvalue weighted by molar-refractivity contribution is 5.06. The van der Waals surface area contributed by atoms with E-state index in [1.807, 2.05) is 6.92 Å². The van der Waals surface area contributed by atoms with Gasteiger partial charge in [0.25, 0.3) is 0 Å². The minimum atomic E-state index is -0.451. The van der Waals surface area contributed by atoms with Gasteiger partial charge in [-0.2, -0.15) is 5.10 Å². The molecule has 1 aliphatic carbocycles. The third kappa shape index (κ3) is 1.43. The van der Waals surface area contributed by atoms with Gasteiger partial charge in [-0.25, -0.2) is 9.67 Å². The van der Waals surface area contributed by atoms with E-state index in [1.165, 1.54) is 6.33 Å². The van der Waals surface area contributed by atoms with E-state index in [-0.39, 0.29) is 5.41 Å². The molecule has 1 fully saturated rings. The summed E-state index contributed by atoms with van der Waals surface area (Å²) in [4.78, 5) is 4.12. The van der Waals surface area contributed by atoms with E-state index in [4.69, 9.17) is 0 Å². The lowest BCUT2D eigenvalue weighted by Gasteiger charge is -2.12. The Labute approximate surface area is 84.0 Å². The average molecular weight is 195 g/mol. The Kier molecular flexibility index (Phi) is 2.10. The van der Waals surface area contributed by atoms with Gasteiger partial charge in [0.05, 0.1) is 0 Å². The van der Waals surface area contributed by atoms with Gasteiger partial charge in [0.15, 0.2) is 5.82 Å². The molecule has 1 N–H and O–H groups in total. The molecule has 0 spiro atoms. The lowest BCUT2D eigenvalue weighted by Crippen LogP contribution is -2.12. The van der Waals surface area contributed by atoms with Crippen molar-refractivity contribution in [2.45, 2.75) is 39.8 Å². The van der Waals surface area contributed by atoms with Gasteiger partial charge in [-0.1, -0.05) is 13.8 Å². The number of aryl methyl sites for hydroxylation is 1. The van der Waals surface area contributed by atoms with Crippen LogP contribution in [0.2, 0.25) is 0 Å². The summed E-state index contributed by atoms with van der Waals surface area (Å²) in [6, 6.07) is 0. The smallest absolute Gasteiger partial charge is 0.156 e. The quantitative estimate of drug-likeness (QED) is 0.792. The molecule has 0 aromatic carbocycles. The minimum Gasteiger partial charge on any atom is -0.385 e. The second-order valence-corrected chi connectivity index (χ2v) is 4.68. The molecule has 0 amide bonds. The van der Waals surface area contributed by atoms with Gasteiger partial charge in [-0.15, -0.1) is 0 Å². The van der Waals surface area contributed by atoms with Crippen LogP contribution in [0.1, 0.15) is 39.1 Å². The average Bonchev–Trinajstić information content (AvgIpc) is 2.64. The number of hydrogen-bond donors (Lipinski definition) is 1. The van der Waals surface area contributed by atoms with E-state index >= 15 is 0 Å². The maximum Gasteiger partial charge on any atom is 0.156 e. The summed E-state index contributed by atoms with van der Waals surface area (Å²) in [6.07, 6.45) is 2.13. The first-order valence-corrected chi connectivity index (χ1v) is 5.12. The summed E-state index contributed by atoms with van der Waals surface area (Å²) in [5.41, 5.74) is 0.268. The van der Waals surface area contributed by atoms with Gasteiger partial charge in [0.2, 0.25) is 0 Å². The van der Waals surface area contributed by atoms with Crippen molar-refractivity contribution < 1.29 is 5.11 Å². The van der Waals surface area contributed by atoms with Gasteiger partial charge in [-0.3, -0.25) is 0 Å². The van der Waals surface area contributed by atoms with Gasteiger partial charge < -0.3 is 5.11 Å². The fourth-order valence-corrected chi connectivity index (χ4v) is 1.97. The molecule has 4 heteroatoms. The Bertz CT molecular complexity index is 332. The summed E-state index contributed by atoms with van der Waals surface area (Å²) in [7, 11) is 0. The fourth-order valence-electron chi connectivity index (χ4n) is 1.97. The molecule has 1 aliphatic rings. The molecule has 2 rings (SSSR count). The monoisotopic (exact) mass is 195 g/mol. The molecule has 0 aliphatic heterocycles. The van der Waals surface area contributed by atoms with Crippen LogP contribution in [-0.4, -0.2) is 19.9 Å². The SMILES string of the molecule is CCn1ncnc1C(O)C1CC1(C)C. The highest BCUT2D eigenvalue weighted by atomic mass is 16.3. The first-order valence-electron chi connectivity index (χ1n) is 5.12. The maximum absolute atomic E-state index is 10.1. The fraction of sp³-hybridized carbons (Fsp3) is 0.800. The third-order valence-corrected chi connectivity index (χ3v) is 3.18. The van der Waals surface area contributed by atoms with Crippen LogP contribution in [0.4, 0.5) is 0 Å². The van der Waals surface area contributed by atoms with Crippen molar-refractivity contribution in [2.75, 3.05) is 0 Å². The van der Waals surface area contributed by atoms with Crippen LogP contribution in [-0.2, 0) is 6.54 Å². The van der Waals surface area contributed by atoms with Crippen LogP contribution >= 0.6 is 0 Å². The Balaban J connectivity index is 2.16. The van der Waals surface area contributed by atoms with Crippen LogP contribution in [0.5, 0.6) is 0 Å². The predicted molar refractivity (Wildman–Crippen MR) is 52.5 cm³/mol. The van der Waals surface area contributed by atoms with Crippen molar-refractivity contribution >= 4 is 0 Å². The number of rotatable bonds is 3. The standard InChI is InChI=1S/C10H17N3O/c1-4-13-9(11-6-12-13)8(14)7-5-10(7,2)3/h6-8,14H,4-5H2,1-3H3. The molecule has 1 aromatic rings. The first-order chi connectivity index (χ1) is 6.56. The predicted octanol–water partition coefficient (Wildman–Crippen LogP) is 1.38. The Hall–Kier alpha value is -0.900. The zero-order valence-corrected chi connectivity index (χ0v) is 8.94. The molecule has 0 bridgehead atoms. The number of aliphatic hydroxyl groups excluding tert-OH is 1. The molecule has 0 radical (unpaired) electrons. The maximum atomic E-state index is 10.1. The number of nitrogens with zero attached hydrogens (tertiary/aromatic N) is 3. The highest BCUT2D eigenvalue weighted by Gasteiger charge is 2.51. The largest absolute Gasteiger partial charge is 0.385 e. The van der Waals surface area contributed by atoms with Crippen molar-refractivity contribution in [2.24, 2.45) is 11.3 Å². The Morgan fingerprint density at radius 3 is 2.86 bits per heavy atom. The molecular weight excluding hydrogens is 178 g/mol. The molecule has 1 aromatic heterocycles. The van der Waals surface area contributed by atoms with Gasteiger partial charge in [0, 0.05) is 6.54 Å². The van der Waals surface area contributed by atoms with Gasteiger partial charge >= 0.3 is 0 Å². The zero-order valence-electron chi connectivity index (χ0n) is 8.94. The second-order valence-electron chi connectivity index (χ2n) is 4.68. The highest BCUT2D eigenvalue weighted by Crippen LogP contribution is 2.57. The minimum absolute atomic E-state index is 0.268. The lowest BCUT2D eigenvalue weighted by atomic mass is 10.1. The Morgan fingerprint density at radius 2 is 2.36 bits per heavy atom. The molecule has 4 nitrogen and oxygen atoms in total. The van der Waals surface area contributed by atoms with E-state index in [0.29, 0.717) is 11.7 Å². The van der Waals surface area contributed by atoms with Gasteiger partial charge in [0.1, 0.15) is 12.4 Å².